The van der Waals surface area contributed by atoms with Gasteiger partial charge in [0.25, 0.3) is 5.56 Å². The summed E-state index contributed by atoms with van der Waals surface area (Å²) in [4.78, 5) is 34.2. The first kappa shape index (κ1) is 17.5. The second kappa shape index (κ2) is 6.50. The highest BCUT2D eigenvalue weighted by molar-refractivity contribution is 5.91. The van der Waals surface area contributed by atoms with E-state index >= 15 is 0 Å². The number of amides is 1. The summed E-state index contributed by atoms with van der Waals surface area (Å²) >= 11 is 0. The zero-order valence-electron chi connectivity index (χ0n) is 13.5. The molecule has 4 atom stereocenters. The molecule has 1 amide bonds. The Balaban J connectivity index is 2.01. The smallest absolute Gasteiger partial charge is 0.280 e. The van der Waals surface area contributed by atoms with Crippen molar-refractivity contribution in [2.45, 2.75) is 38.5 Å². The molecule has 10 nitrogen and oxygen atoms in total. The SMILES string of the molecule is CC(C)C(=O)Nc1nc2c(ncn2[C@@H]2O[C@H](CO)[C@@H](O)[C@@H]2F)c(=O)[nH]1. The molecule has 2 aromatic heterocycles. The van der Waals surface area contributed by atoms with Crippen molar-refractivity contribution in [2.24, 2.45) is 5.92 Å². The summed E-state index contributed by atoms with van der Waals surface area (Å²) in [5.74, 6) is -0.796. The van der Waals surface area contributed by atoms with Gasteiger partial charge in [0.05, 0.1) is 12.9 Å². The molecule has 0 radical (unpaired) electrons. The molecule has 25 heavy (non-hydrogen) atoms. The van der Waals surface area contributed by atoms with Crippen LogP contribution in [0.2, 0.25) is 0 Å². The number of anilines is 1. The average Bonchev–Trinajstić information content (AvgIpc) is 3.10. The van der Waals surface area contributed by atoms with E-state index in [0.717, 1.165) is 10.9 Å². The third-order valence-corrected chi connectivity index (χ3v) is 3.95. The molecule has 1 saturated heterocycles. The number of aliphatic hydroxyl groups excluding tert-OH is 2. The van der Waals surface area contributed by atoms with E-state index in [-0.39, 0.29) is 28.9 Å². The fraction of sp³-hybridized carbons (Fsp3) is 0.571. The number of halogens is 1. The fourth-order valence-corrected chi connectivity index (χ4v) is 2.51. The summed E-state index contributed by atoms with van der Waals surface area (Å²) in [5.41, 5.74) is -0.697. The van der Waals surface area contributed by atoms with E-state index in [9.17, 15) is 19.1 Å². The van der Waals surface area contributed by atoms with Gasteiger partial charge in [0.15, 0.2) is 23.6 Å². The van der Waals surface area contributed by atoms with Gasteiger partial charge < -0.3 is 14.9 Å². The lowest BCUT2D eigenvalue weighted by atomic mass is 10.1. The molecule has 0 saturated carbocycles. The Kier molecular flexibility index (Phi) is 4.54. The third kappa shape index (κ3) is 3.01. The van der Waals surface area contributed by atoms with Gasteiger partial charge in [-0.25, -0.2) is 9.37 Å². The Labute approximate surface area is 140 Å². The number of H-pyrrole nitrogens is 1. The molecule has 136 valence electrons. The molecule has 11 heteroatoms. The normalized spacial score (nSPS) is 26.5. The van der Waals surface area contributed by atoms with E-state index < -0.39 is 36.8 Å². The largest absolute Gasteiger partial charge is 0.394 e. The molecule has 1 aliphatic rings. The first-order valence-corrected chi connectivity index (χ1v) is 7.69. The number of carbonyl (C=O) groups excluding carboxylic acids is 1. The number of rotatable bonds is 4. The van der Waals surface area contributed by atoms with Crippen LogP contribution in [0.1, 0.15) is 20.1 Å². The van der Waals surface area contributed by atoms with Crippen molar-refractivity contribution >= 4 is 23.0 Å². The molecule has 4 N–H and O–H groups in total. The molecule has 0 aromatic carbocycles. The van der Waals surface area contributed by atoms with Gasteiger partial charge in [0.1, 0.15) is 12.2 Å². The first-order valence-electron chi connectivity index (χ1n) is 7.69. The first-order chi connectivity index (χ1) is 11.8. The van der Waals surface area contributed by atoms with E-state index in [0.29, 0.717) is 0 Å². The predicted octanol–water partition coefficient (Wildman–Crippen LogP) is -0.697. The monoisotopic (exact) mass is 355 g/mol. The number of ether oxygens (including phenoxy) is 1. The maximum Gasteiger partial charge on any atom is 0.280 e. The lowest BCUT2D eigenvalue weighted by molar-refractivity contribution is -0.118. The number of hydrogen-bond donors (Lipinski definition) is 4. The Hall–Kier alpha value is -2.37. The summed E-state index contributed by atoms with van der Waals surface area (Å²) < 4.78 is 20.8. The quantitative estimate of drug-likeness (QED) is 0.568. The minimum Gasteiger partial charge on any atom is -0.394 e. The van der Waals surface area contributed by atoms with Crippen molar-refractivity contribution in [1.82, 2.24) is 19.5 Å². The highest BCUT2D eigenvalue weighted by Crippen LogP contribution is 2.33. The van der Waals surface area contributed by atoms with E-state index in [2.05, 4.69) is 20.3 Å². The summed E-state index contributed by atoms with van der Waals surface area (Å²) in [5, 5.41) is 21.3. The zero-order valence-corrected chi connectivity index (χ0v) is 13.5. The van der Waals surface area contributed by atoms with Crippen molar-refractivity contribution in [3.8, 4) is 0 Å². The van der Waals surface area contributed by atoms with Crippen molar-refractivity contribution in [3.05, 3.63) is 16.7 Å². The molecule has 0 aliphatic carbocycles. The summed E-state index contributed by atoms with van der Waals surface area (Å²) in [6.45, 7) is 2.79. The number of aromatic amines is 1. The molecule has 1 fully saturated rings. The van der Waals surface area contributed by atoms with Gasteiger partial charge in [-0.15, -0.1) is 0 Å². The van der Waals surface area contributed by atoms with E-state index in [1.807, 2.05) is 0 Å². The van der Waals surface area contributed by atoms with Gasteiger partial charge in [-0.3, -0.25) is 24.5 Å². The Morgan fingerprint density at radius 2 is 2.28 bits per heavy atom. The molecule has 3 rings (SSSR count). The van der Waals surface area contributed by atoms with E-state index in [1.54, 1.807) is 13.8 Å². The number of hydrogen-bond acceptors (Lipinski definition) is 7. The van der Waals surface area contributed by atoms with E-state index in [4.69, 9.17) is 9.84 Å². The number of carbonyl (C=O) groups is 1. The standard InChI is InChI=1S/C14H18FN5O5/c1-5(2)11(23)18-14-17-10-8(12(24)19-14)16-4-20(10)13-7(15)9(22)6(3-21)25-13/h4-7,9,13,21-22H,3H2,1-2H3,(H2,17,18,19,23,24)/t6-,7+,9-,13-/m1/s1. The van der Waals surface area contributed by atoms with Crippen LogP contribution in [-0.2, 0) is 9.53 Å². The number of aliphatic hydroxyl groups is 2. The maximum absolute atomic E-state index is 14.3. The molecular weight excluding hydrogens is 337 g/mol. The van der Waals surface area contributed by atoms with Crippen LogP contribution in [0.15, 0.2) is 11.1 Å². The van der Waals surface area contributed by atoms with Crippen LogP contribution >= 0.6 is 0 Å². The van der Waals surface area contributed by atoms with Crippen molar-refractivity contribution in [2.75, 3.05) is 11.9 Å². The number of imidazole rings is 1. The maximum atomic E-state index is 14.3. The lowest BCUT2D eigenvalue weighted by Crippen LogP contribution is -2.30. The Morgan fingerprint density at radius 1 is 1.56 bits per heavy atom. The summed E-state index contributed by atoms with van der Waals surface area (Å²) in [6.07, 6.45) is -4.61. The van der Waals surface area contributed by atoms with Gasteiger partial charge in [-0.05, 0) is 0 Å². The summed E-state index contributed by atoms with van der Waals surface area (Å²) in [7, 11) is 0. The molecule has 2 aromatic rings. The number of fused-ring (bicyclic) bond motifs is 1. The van der Waals surface area contributed by atoms with Gasteiger partial charge in [0.2, 0.25) is 11.9 Å². The minimum atomic E-state index is -1.84. The minimum absolute atomic E-state index is 0.0127. The number of nitrogens with one attached hydrogen (secondary N) is 2. The van der Waals surface area contributed by atoms with Crippen LogP contribution in [-0.4, -0.2) is 60.6 Å². The number of alkyl halides is 1. The number of aromatic nitrogens is 4. The second-order valence-corrected chi connectivity index (χ2v) is 6.07. The molecule has 0 unspecified atom stereocenters. The lowest BCUT2D eigenvalue weighted by Gasteiger charge is -2.15. The van der Waals surface area contributed by atoms with Crippen molar-refractivity contribution < 1.29 is 24.1 Å². The molecule has 0 spiro atoms. The topological polar surface area (TPSA) is 142 Å². The van der Waals surface area contributed by atoms with Gasteiger partial charge in [0, 0.05) is 5.92 Å². The average molecular weight is 355 g/mol. The van der Waals surface area contributed by atoms with Crippen LogP contribution in [0.3, 0.4) is 0 Å². The highest BCUT2D eigenvalue weighted by Gasteiger charge is 2.45. The zero-order chi connectivity index (χ0) is 18.3. The summed E-state index contributed by atoms with van der Waals surface area (Å²) in [6, 6.07) is 0. The third-order valence-electron chi connectivity index (χ3n) is 3.95. The van der Waals surface area contributed by atoms with E-state index in [1.165, 1.54) is 0 Å². The molecule has 1 aliphatic heterocycles. The van der Waals surface area contributed by atoms with Gasteiger partial charge in [-0.2, -0.15) is 4.98 Å². The van der Waals surface area contributed by atoms with Crippen LogP contribution in [0.4, 0.5) is 10.3 Å². The number of nitrogens with zero attached hydrogens (tertiary/aromatic N) is 3. The van der Waals surface area contributed by atoms with Crippen LogP contribution in [0, 0.1) is 5.92 Å². The van der Waals surface area contributed by atoms with Gasteiger partial charge in [-0.1, -0.05) is 13.8 Å². The fourth-order valence-electron chi connectivity index (χ4n) is 2.51. The van der Waals surface area contributed by atoms with Crippen LogP contribution in [0.25, 0.3) is 11.2 Å². The Morgan fingerprint density at radius 3 is 2.88 bits per heavy atom. The van der Waals surface area contributed by atoms with Crippen LogP contribution in [0.5, 0.6) is 0 Å². The van der Waals surface area contributed by atoms with Crippen LogP contribution < -0.4 is 10.9 Å². The van der Waals surface area contributed by atoms with Gasteiger partial charge >= 0.3 is 0 Å². The molecule has 3 heterocycles. The molecular formula is C14H18FN5O5. The van der Waals surface area contributed by atoms with Crippen molar-refractivity contribution in [1.29, 1.82) is 0 Å². The Bertz CT molecular complexity index is 850. The second-order valence-electron chi connectivity index (χ2n) is 6.07. The van der Waals surface area contributed by atoms with Crippen molar-refractivity contribution in [3.63, 3.8) is 0 Å². The molecule has 0 bridgehead atoms. The highest BCUT2D eigenvalue weighted by atomic mass is 19.1. The predicted molar refractivity (Wildman–Crippen MR) is 83.5 cm³/mol.